The Bertz CT molecular complexity index is 1160. The number of ether oxygens (including phenoxy) is 1. The van der Waals surface area contributed by atoms with Crippen molar-refractivity contribution >= 4 is 34.5 Å². The van der Waals surface area contributed by atoms with Crippen LogP contribution in [0.1, 0.15) is 107 Å². The third-order valence-electron chi connectivity index (χ3n) is 7.59. The zero-order chi connectivity index (χ0) is 29.3. The van der Waals surface area contributed by atoms with Gasteiger partial charge in [0.2, 0.25) is 11.4 Å². The molecule has 41 heavy (non-hydrogen) atoms. The maximum absolute atomic E-state index is 12.5. The summed E-state index contributed by atoms with van der Waals surface area (Å²) in [5.74, 6) is 0.783. The fourth-order valence-electron chi connectivity index (χ4n) is 5.17. The summed E-state index contributed by atoms with van der Waals surface area (Å²) in [6, 6.07) is 14.3. The van der Waals surface area contributed by atoms with Gasteiger partial charge in [-0.2, -0.15) is 4.57 Å². The molecular formula is C35H50ClN2O2S+. The van der Waals surface area contributed by atoms with Gasteiger partial charge in [-0.25, -0.2) is 0 Å². The molecule has 0 fully saturated rings. The number of carbonyl (C=O) groups excluding carboxylic acids is 1. The van der Waals surface area contributed by atoms with Crippen molar-refractivity contribution < 1.29 is 14.1 Å². The number of nitrogens with zero attached hydrogens (tertiary/aromatic N) is 2. The van der Waals surface area contributed by atoms with Gasteiger partial charge in [0, 0.05) is 24.7 Å². The largest absolute Gasteiger partial charge is 0.492 e. The molecule has 0 atom stereocenters. The van der Waals surface area contributed by atoms with E-state index in [1.54, 1.807) is 18.3 Å². The highest BCUT2D eigenvalue weighted by atomic mass is 35.5. The Morgan fingerprint density at radius 1 is 0.878 bits per heavy atom. The molecule has 0 unspecified atom stereocenters. The Morgan fingerprint density at radius 3 is 2.07 bits per heavy atom. The highest BCUT2D eigenvalue weighted by Gasteiger charge is 2.14. The smallest absolute Gasteiger partial charge is 0.225 e. The molecule has 0 aliphatic rings. The summed E-state index contributed by atoms with van der Waals surface area (Å²) in [6.45, 7) is 8.14. The van der Waals surface area contributed by atoms with Gasteiger partial charge in [-0.15, -0.1) is 0 Å². The van der Waals surface area contributed by atoms with Crippen molar-refractivity contribution in [3.8, 4) is 5.75 Å². The van der Waals surface area contributed by atoms with Crippen LogP contribution in [-0.4, -0.2) is 19.1 Å². The van der Waals surface area contributed by atoms with Crippen molar-refractivity contribution in [3.05, 3.63) is 75.2 Å². The maximum atomic E-state index is 12.5. The first-order valence-corrected chi connectivity index (χ1v) is 16.9. The Balaban J connectivity index is 1.37. The van der Waals surface area contributed by atoms with Crippen LogP contribution in [0.4, 0.5) is 5.69 Å². The molecule has 0 N–H and O–H groups in total. The lowest BCUT2D eigenvalue weighted by Crippen LogP contribution is -2.31. The minimum absolute atomic E-state index is 0.0398. The van der Waals surface area contributed by atoms with Crippen molar-refractivity contribution in [2.75, 3.05) is 18.1 Å². The molecule has 6 heteroatoms. The molecule has 0 bridgehead atoms. The molecule has 1 aromatic heterocycles. The van der Waals surface area contributed by atoms with Crippen molar-refractivity contribution in [2.24, 2.45) is 0 Å². The van der Waals surface area contributed by atoms with E-state index in [0.717, 1.165) is 36.4 Å². The van der Waals surface area contributed by atoms with E-state index in [4.69, 9.17) is 16.3 Å². The Morgan fingerprint density at radius 2 is 1.49 bits per heavy atom. The molecule has 0 spiro atoms. The molecular weight excluding hydrogens is 548 g/mol. The van der Waals surface area contributed by atoms with Crippen LogP contribution in [0.5, 0.6) is 5.75 Å². The number of benzene rings is 2. The van der Waals surface area contributed by atoms with Gasteiger partial charge in [0.25, 0.3) is 0 Å². The van der Waals surface area contributed by atoms with Crippen molar-refractivity contribution in [2.45, 2.75) is 111 Å². The fourth-order valence-corrected chi connectivity index (χ4v) is 5.97. The lowest BCUT2D eigenvalue weighted by Gasteiger charge is -2.21. The summed E-state index contributed by atoms with van der Waals surface area (Å²) in [4.78, 5) is 15.6. The SMILES string of the molecule is CCCCCCCCCCCCCCOc1cc(CCN(C(C)=O)c2ccc(C[n+]3csc(C)c3)cc2)ccc1Cl. The van der Waals surface area contributed by atoms with Crippen LogP contribution in [0.25, 0.3) is 0 Å². The van der Waals surface area contributed by atoms with E-state index in [0.29, 0.717) is 18.2 Å². The van der Waals surface area contributed by atoms with E-state index >= 15 is 0 Å². The first kappa shape index (κ1) is 33.1. The molecule has 3 rings (SSSR count). The minimum Gasteiger partial charge on any atom is -0.492 e. The second-order valence-corrected chi connectivity index (χ2v) is 12.7. The van der Waals surface area contributed by atoms with Crippen LogP contribution in [0.15, 0.2) is 54.2 Å². The van der Waals surface area contributed by atoms with Crippen LogP contribution < -0.4 is 14.2 Å². The average Bonchev–Trinajstić information content (AvgIpc) is 3.37. The molecule has 0 aliphatic carbocycles. The number of thiazole rings is 1. The zero-order valence-electron chi connectivity index (χ0n) is 25.5. The van der Waals surface area contributed by atoms with Gasteiger partial charge in [0.15, 0.2) is 12.7 Å². The lowest BCUT2D eigenvalue weighted by molar-refractivity contribution is -0.683. The molecule has 1 heterocycles. The molecule has 0 saturated heterocycles. The molecule has 4 nitrogen and oxygen atoms in total. The molecule has 0 radical (unpaired) electrons. The number of amides is 1. The normalized spacial score (nSPS) is 11.1. The number of hydrogen-bond donors (Lipinski definition) is 0. The number of aryl methyl sites for hydroxylation is 1. The van der Waals surface area contributed by atoms with Crippen LogP contribution >= 0.6 is 22.9 Å². The van der Waals surface area contributed by atoms with E-state index in [2.05, 4.69) is 42.3 Å². The second kappa shape index (κ2) is 18.9. The summed E-state index contributed by atoms with van der Waals surface area (Å²) in [5.41, 5.74) is 5.39. The molecule has 224 valence electrons. The van der Waals surface area contributed by atoms with E-state index in [1.807, 2.05) is 35.2 Å². The number of unbranched alkanes of at least 4 members (excludes halogenated alkanes) is 11. The van der Waals surface area contributed by atoms with Gasteiger partial charge in [-0.3, -0.25) is 4.79 Å². The van der Waals surface area contributed by atoms with E-state index in [-0.39, 0.29) is 5.91 Å². The van der Waals surface area contributed by atoms with Gasteiger partial charge < -0.3 is 9.64 Å². The van der Waals surface area contributed by atoms with Gasteiger partial charge in [-0.05, 0) is 49.6 Å². The van der Waals surface area contributed by atoms with Crippen LogP contribution in [-0.2, 0) is 17.8 Å². The molecule has 1 amide bonds. The number of hydrogen-bond acceptors (Lipinski definition) is 3. The van der Waals surface area contributed by atoms with E-state index in [1.165, 1.54) is 81.1 Å². The topological polar surface area (TPSA) is 33.4 Å². The third kappa shape index (κ3) is 12.6. The van der Waals surface area contributed by atoms with Gasteiger partial charge >= 0.3 is 0 Å². The first-order chi connectivity index (χ1) is 20.0. The summed E-state index contributed by atoms with van der Waals surface area (Å²) >= 11 is 8.19. The highest BCUT2D eigenvalue weighted by Crippen LogP contribution is 2.27. The first-order valence-electron chi connectivity index (χ1n) is 15.7. The highest BCUT2D eigenvalue weighted by molar-refractivity contribution is 7.09. The molecule has 3 aromatic rings. The third-order valence-corrected chi connectivity index (χ3v) is 8.76. The van der Waals surface area contributed by atoms with Gasteiger partial charge in [0.1, 0.15) is 5.75 Å². The maximum Gasteiger partial charge on any atom is 0.225 e. The number of aromatic nitrogens is 1. The Kier molecular flexibility index (Phi) is 15.3. The Hall–Kier alpha value is -2.37. The summed E-state index contributed by atoms with van der Waals surface area (Å²) in [5, 5.41) is 0.644. The van der Waals surface area contributed by atoms with Crippen molar-refractivity contribution in [3.63, 3.8) is 0 Å². The fraction of sp³-hybridized carbons (Fsp3) is 0.543. The number of halogens is 1. The van der Waals surface area contributed by atoms with E-state index in [9.17, 15) is 4.79 Å². The number of rotatable bonds is 20. The molecule has 0 aliphatic heterocycles. The van der Waals surface area contributed by atoms with Gasteiger partial charge in [0.05, 0.1) is 16.5 Å². The summed E-state index contributed by atoms with van der Waals surface area (Å²) in [6.07, 6.45) is 18.8. The predicted molar refractivity (Wildman–Crippen MR) is 175 cm³/mol. The summed E-state index contributed by atoms with van der Waals surface area (Å²) < 4.78 is 8.25. The zero-order valence-corrected chi connectivity index (χ0v) is 27.1. The number of carbonyl (C=O) groups is 1. The van der Waals surface area contributed by atoms with Crippen molar-refractivity contribution in [1.29, 1.82) is 0 Å². The monoisotopic (exact) mass is 597 g/mol. The lowest BCUT2D eigenvalue weighted by atomic mass is 10.1. The second-order valence-electron chi connectivity index (χ2n) is 11.2. The number of anilines is 1. The molecule has 0 saturated carbocycles. The Labute approximate surface area is 257 Å². The van der Waals surface area contributed by atoms with E-state index < -0.39 is 0 Å². The van der Waals surface area contributed by atoms with Crippen molar-refractivity contribution in [1.82, 2.24) is 0 Å². The molecule has 2 aromatic carbocycles. The minimum atomic E-state index is 0.0398. The van der Waals surface area contributed by atoms with Crippen LogP contribution in [0, 0.1) is 6.92 Å². The average molecular weight is 598 g/mol. The van der Waals surface area contributed by atoms with Gasteiger partial charge in [-0.1, -0.05) is 119 Å². The summed E-state index contributed by atoms with van der Waals surface area (Å²) in [7, 11) is 0. The van der Waals surface area contributed by atoms with Crippen LogP contribution in [0.2, 0.25) is 5.02 Å². The quantitative estimate of drug-likeness (QED) is 0.0959. The standard InChI is InChI=1S/C35H50ClN2O2S/c1-4-5-6-7-8-9-10-11-12-13-14-15-24-40-35-25-31(18-21-34(35)36)22-23-38(30(3)39)33-19-16-32(17-20-33)27-37-26-29(2)41-28-37/h16-21,25-26,28H,4-15,22-24,27H2,1-3H3/q+1. The predicted octanol–water partition coefficient (Wildman–Crippen LogP) is 9.72. The van der Waals surface area contributed by atoms with Crippen LogP contribution in [0.3, 0.4) is 0 Å².